The van der Waals surface area contributed by atoms with Gasteiger partial charge in [0.05, 0.1) is 6.04 Å². The minimum Gasteiger partial charge on any atom is -0.320 e. The topological polar surface area (TPSA) is 46.3 Å². The Labute approximate surface area is 108 Å². The van der Waals surface area contributed by atoms with Gasteiger partial charge in [0.2, 0.25) is 5.91 Å². The highest BCUT2D eigenvalue weighted by molar-refractivity contribution is 5.96. The number of hydrogen-bond acceptors (Lipinski definition) is 2. The SMILES string of the molecule is CCN(C(=O)[C@@H](N)CC(C)C)c1cccc(F)c1. The number of rotatable bonds is 5. The fraction of sp³-hybridized carbons (Fsp3) is 0.500. The molecule has 0 aliphatic heterocycles. The van der Waals surface area contributed by atoms with Crippen molar-refractivity contribution in [3.05, 3.63) is 30.1 Å². The molecule has 1 atom stereocenters. The highest BCUT2D eigenvalue weighted by Gasteiger charge is 2.22. The minimum absolute atomic E-state index is 0.156. The Morgan fingerprint density at radius 2 is 2.11 bits per heavy atom. The van der Waals surface area contributed by atoms with Crippen molar-refractivity contribution in [2.75, 3.05) is 11.4 Å². The predicted molar refractivity (Wildman–Crippen MR) is 71.9 cm³/mol. The Balaban J connectivity index is 2.86. The molecule has 18 heavy (non-hydrogen) atoms. The maximum absolute atomic E-state index is 13.2. The third-order valence-electron chi connectivity index (χ3n) is 2.74. The van der Waals surface area contributed by atoms with Gasteiger partial charge in [0.1, 0.15) is 5.82 Å². The van der Waals surface area contributed by atoms with Gasteiger partial charge in [-0.1, -0.05) is 19.9 Å². The van der Waals surface area contributed by atoms with E-state index in [4.69, 9.17) is 5.73 Å². The fourth-order valence-electron chi connectivity index (χ4n) is 1.92. The van der Waals surface area contributed by atoms with Crippen molar-refractivity contribution in [2.45, 2.75) is 33.2 Å². The largest absolute Gasteiger partial charge is 0.320 e. The quantitative estimate of drug-likeness (QED) is 0.875. The summed E-state index contributed by atoms with van der Waals surface area (Å²) < 4.78 is 13.2. The Hall–Kier alpha value is -1.42. The van der Waals surface area contributed by atoms with Crippen LogP contribution < -0.4 is 10.6 Å². The molecule has 0 fully saturated rings. The monoisotopic (exact) mass is 252 g/mol. The molecule has 0 aromatic heterocycles. The average molecular weight is 252 g/mol. The zero-order valence-electron chi connectivity index (χ0n) is 11.2. The van der Waals surface area contributed by atoms with Crippen LogP contribution in [0.4, 0.5) is 10.1 Å². The number of benzene rings is 1. The van der Waals surface area contributed by atoms with E-state index in [-0.39, 0.29) is 11.7 Å². The molecule has 3 nitrogen and oxygen atoms in total. The van der Waals surface area contributed by atoms with Crippen LogP contribution in [0.5, 0.6) is 0 Å². The molecule has 0 unspecified atom stereocenters. The molecule has 1 aromatic carbocycles. The van der Waals surface area contributed by atoms with Gasteiger partial charge in [0, 0.05) is 12.2 Å². The van der Waals surface area contributed by atoms with Crippen LogP contribution in [0.3, 0.4) is 0 Å². The lowest BCUT2D eigenvalue weighted by Crippen LogP contribution is -2.44. The maximum Gasteiger partial charge on any atom is 0.243 e. The van der Waals surface area contributed by atoms with Crippen molar-refractivity contribution < 1.29 is 9.18 Å². The molecule has 0 bridgehead atoms. The molecule has 0 spiro atoms. The number of carbonyl (C=O) groups is 1. The number of carbonyl (C=O) groups excluding carboxylic acids is 1. The third kappa shape index (κ3) is 3.81. The van der Waals surface area contributed by atoms with Crippen LogP contribution >= 0.6 is 0 Å². The zero-order valence-corrected chi connectivity index (χ0v) is 11.2. The highest BCUT2D eigenvalue weighted by Crippen LogP contribution is 2.17. The molecule has 1 amide bonds. The van der Waals surface area contributed by atoms with Gasteiger partial charge < -0.3 is 10.6 Å². The Morgan fingerprint density at radius 1 is 1.44 bits per heavy atom. The summed E-state index contributed by atoms with van der Waals surface area (Å²) in [6.07, 6.45) is 0.630. The molecule has 0 radical (unpaired) electrons. The summed E-state index contributed by atoms with van der Waals surface area (Å²) in [5, 5.41) is 0. The van der Waals surface area contributed by atoms with Crippen LogP contribution in [0, 0.1) is 11.7 Å². The molecule has 2 N–H and O–H groups in total. The van der Waals surface area contributed by atoms with Crippen LogP contribution in [0.1, 0.15) is 27.2 Å². The van der Waals surface area contributed by atoms with Gasteiger partial charge in [-0.3, -0.25) is 4.79 Å². The second-order valence-electron chi connectivity index (χ2n) is 4.80. The molecule has 4 heteroatoms. The maximum atomic E-state index is 13.2. The normalized spacial score (nSPS) is 12.6. The van der Waals surface area contributed by atoms with Crippen LogP contribution in [-0.2, 0) is 4.79 Å². The number of likely N-dealkylation sites (N-methyl/N-ethyl adjacent to an activating group) is 1. The summed E-state index contributed by atoms with van der Waals surface area (Å²) in [7, 11) is 0. The number of amides is 1. The molecule has 0 aliphatic rings. The van der Waals surface area contributed by atoms with Crippen molar-refractivity contribution in [3.63, 3.8) is 0 Å². The van der Waals surface area contributed by atoms with E-state index < -0.39 is 6.04 Å². The van der Waals surface area contributed by atoms with Gasteiger partial charge in [0.15, 0.2) is 0 Å². The van der Waals surface area contributed by atoms with Crippen molar-refractivity contribution in [2.24, 2.45) is 11.7 Å². The molecule has 100 valence electrons. The summed E-state index contributed by atoms with van der Waals surface area (Å²) >= 11 is 0. The van der Waals surface area contributed by atoms with Crippen LogP contribution in [-0.4, -0.2) is 18.5 Å². The lowest BCUT2D eigenvalue weighted by molar-refractivity contribution is -0.120. The number of hydrogen-bond donors (Lipinski definition) is 1. The summed E-state index contributed by atoms with van der Waals surface area (Å²) in [4.78, 5) is 13.7. The Bertz CT molecular complexity index is 407. The van der Waals surface area contributed by atoms with E-state index in [1.54, 1.807) is 12.1 Å². The summed E-state index contributed by atoms with van der Waals surface area (Å²) in [5.74, 6) is -0.150. The second-order valence-corrected chi connectivity index (χ2v) is 4.80. The zero-order chi connectivity index (χ0) is 13.7. The van der Waals surface area contributed by atoms with Gasteiger partial charge in [-0.25, -0.2) is 4.39 Å². The Kier molecular flexibility index (Phi) is 5.28. The van der Waals surface area contributed by atoms with E-state index in [1.807, 2.05) is 20.8 Å². The van der Waals surface area contributed by atoms with E-state index in [1.165, 1.54) is 17.0 Å². The molecular formula is C14H21FN2O. The first-order valence-corrected chi connectivity index (χ1v) is 6.28. The predicted octanol–water partition coefficient (Wildman–Crippen LogP) is 2.55. The number of anilines is 1. The van der Waals surface area contributed by atoms with Crippen LogP contribution in [0.25, 0.3) is 0 Å². The third-order valence-corrected chi connectivity index (χ3v) is 2.74. The summed E-state index contributed by atoms with van der Waals surface area (Å²) in [6.45, 7) is 6.37. The Morgan fingerprint density at radius 3 is 2.61 bits per heavy atom. The lowest BCUT2D eigenvalue weighted by atomic mass is 10.0. The van der Waals surface area contributed by atoms with Crippen molar-refractivity contribution in [1.29, 1.82) is 0 Å². The van der Waals surface area contributed by atoms with Crippen molar-refractivity contribution in [3.8, 4) is 0 Å². The lowest BCUT2D eigenvalue weighted by Gasteiger charge is -2.25. The molecule has 0 heterocycles. The number of nitrogens with two attached hydrogens (primary N) is 1. The van der Waals surface area contributed by atoms with Crippen LogP contribution in [0.2, 0.25) is 0 Å². The highest BCUT2D eigenvalue weighted by atomic mass is 19.1. The molecular weight excluding hydrogens is 231 g/mol. The standard InChI is InChI=1S/C14H21FN2O/c1-4-17(12-7-5-6-11(15)9-12)14(18)13(16)8-10(2)3/h5-7,9-10,13H,4,8,16H2,1-3H3/t13-/m0/s1. The van der Waals surface area contributed by atoms with E-state index in [2.05, 4.69) is 0 Å². The van der Waals surface area contributed by atoms with Crippen molar-refractivity contribution in [1.82, 2.24) is 0 Å². The van der Waals surface area contributed by atoms with E-state index in [0.29, 0.717) is 24.6 Å². The summed E-state index contributed by atoms with van der Waals surface area (Å²) in [6, 6.07) is 5.48. The van der Waals surface area contributed by atoms with Gasteiger partial charge in [-0.2, -0.15) is 0 Å². The molecule has 0 aliphatic carbocycles. The molecule has 0 saturated carbocycles. The van der Waals surface area contributed by atoms with Gasteiger partial charge in [-0.05, 0) is 37.5 Å². The first-order valence-electron chi connectivity index (χ1n) is 6.28. The molecule has 1 aromatic rings. The first kappa shape index (κ1) is 14.6. The second kappa shape index (κ2) is 6.50. The fourth-order valence-corrected chi connectivity index (χ4v) is 1.92. The van der Waals surface area contributed by atoms with E-state index >= 15 is 0 Å². The number of halogens is 1. The molecule has 1 rings (SSSR count). The van der Waals surface area contributed by atoms with Gasteiger partial charge >= 0.3 is 0 Å². The smallest absolute Gasteiger partial charge is 0.243 e. The number of nitrogens with zero attached hydrogens (tertiary/aromatic N) is 1. The van der Waals surface area contributed by atoms with Crippen molar-refractivity contribution >= 4 is 11.6 Å². The van der Waals surface area contributed by atoms with Gasteiger partial charge in [-0.15, -0.1) is 0 Å². The van der Waals surface area contributed by atoms with E-state index in [9.17, 15) is 9.18 Å². The summed E-state index contributed by atoms with van der Waals surface area (Å²) in [5.41, 5.74) is 6.44. The van der Waals surface area contributed by atoms with Gasteiger partial charge in [0.25, 0.3) is 0 Å². The minimum atomic E-state index is -0.534. The molecule has 0 saturated heterocycles. The average Bonchev–Trinajstić information content (AvgIpc) is 2.29. The first-order chi connectivity index (χ1) is 8.45. The van der Waals surface area contributed by atoms with Crippen LogP contribution in [0.15, 0.2) is 24.3 Å². The van der Waals surface area contributed by atoms with E-state index in [0.717, 1.165) is 0 Å².